The fraction of sp³-hybridized carbons (Fsp3) is 0.857. The molecular formula is C14H27N3O2. The molecule has 0 aromatic rings. The highest BCUT2D eigenvalue weighted by molar-refractivity contribution is 5.78. The van der Waals surface area contributed by atoms with Crippen LogP contribution in [-0.4, -0.2) is 52.8 Å². The zero-order valence-electron chi connectivity index (χ0n) is 12.6. The fourth-order valence-corrected chi connectivity index (χ4v) is 2.73. The molecule has 5 nitrogen and oxygen atoms in total. The van der Waals surface area contributed by atoms with E-state index in [2.05, 4.69) is 13.8 Å². The van der Waals surface area contributed by atoms with Crippen LogP contribution in [0.1, 0.15) is 47.0 Å². The second-order valence-electron chi connectivity index (χ2n) is 5.52. The smallest absolute Gasteiger partial charge is 0.224 e. The van der Waals surface area contributed by atoms with E-state index >= 15 is 0 Å². The van der Waals surface area contributed by atoms with E-state index < -0.39 is 0 Å². The van der Waals surface area contributed by atoms with Crippen molar-refractivity contribution >= 4 is 11.8 Å². The number of nitrogens with zero attached hydrogens (tertiary/aromatic N) is 2. The number of hydrogen-bond acceptors (Lipinski definition) is 3. The van der Waals surface area contributed by atoms with Crippen LogP contribution in [0.15, 0.2) is 0 Å². The quantitative estimate of drug-likeness (QED) is 0.827. The van der Waals surface area contributed by atoms with E-state index in [9.17, 15) is 9.59 Å². The molecule has 2 N–H and O–H groups in total. The minimum absolute atomic E-state index is 0.101. The maximum Gasteiger partial charge on any atom is 0.224 e. The fourth-order valence-electron chi connectivity index (χ4n) is 2.73. The van der Waals surface area contributed by atoms with Crippen molar-refractivity contribution in [3.05, 3.63) is 0 Å². The summed E-state index contributed by atoms with van der Waals surface area (Å²) in [6.07, 6.45) is 2.12. The molecule has 0 saturated carbocycles. The molecule has 1 fully saturated rings. The van der Waals surface area contributed by atoms with Gasteiger partial charge in [0.1, 0.15) is 0 Å². The first-order valence-electron chi connectivity index (χ1n) is 7.22. The highest BCUT2D eigenvalue weighted by Crippen LogP contribution is 2.21. The van der Waals surface area contributed by atoms with E-state index in [-0.39, 0.29) is 29.9 Å². The van der Waals surface area contributed by atoms with Gasteiger partial charge in [-0.05, 0) is 19.8 Å². The maximum absolute atomic E-state index is 12.3. The summed E-state index contributed by atoms with van der Waals surface area (Å²) in [6.45, 7) is 8.86. The Morgan fingerprint density at radius 1 is 1.16 bits per heavy atom. The molecule has 1 aliphatic rings. The van der Waals surface area contributed by atoms with Gasteiger partial charge in [-0.3, -0.25) is 9.59 Å². The molecule has 1 rings (SSSR count). The number of amides is 2. The van der Waals surface area contributed by atoms with Gasteiger partial charge < -0.3 is 15.5 Å². The molecule has 1 heterocycles. The Morgan fingerprint density at radius 2 is 1.63 bits per heavy atom. The summed E-state index contributed by atoms with van der Waals surface area (Å²) in [4.78, 5) is 27.8. The second-order valence-corrected chi connectivity index (χ2v) is 5.52. The van der Waals surface area contributed by atoms with Crippen molar-refractivity contribution in [1.82, 2.24) is 9.80 Å². The summed E-state index contributed by atoms with van der Waals surface area (Å²) in [7, 11) is 0. The Bertz CT molecular complexity index is 331. The first kappa shape index (κ1) is 16.0. The van der Waals surface area contributed by atoms with Gasteiger partial charge in [0.05, 0.1) is 0 Å². The zero-order chi connectivity index (χ0) is 14.6. The Balaban J connectivity index is 2.82. The van der Waals surface area contributed by atoms with Gasteiger partial charge in [-0.25, -0.2) is 0 Å². The third kappa shape index (κ3) is 3.93. The maximum atomic E-state index is 12.3. The van der Waals surface area contributed by atoms with E-state index in [1.54, 1.807) is 6.92 Å². The first-order chi connectivity index (χ1) is 8.90. The van der Waals surface area contributed by atoms with E-state index in [1.807, 2.05) is 16.7 Å². The van der Waals surface area contributed by atoms with Gasteiger partial charge in [0.15, 0.2) is 0 Å². The molecule has 0 aromatic carbocycles. The number of rotatable bonds is 4. The summed E-state index contributed by atoms with van der Waals surface area (Å²) >= 11 is 0. The van der Waals surface area contributed by atoms with Gasteiger partial charge in [0.2, 0.25) is 11.8 Å². The molecule has 0 aliphatic carbocycles. The highest BCUT2D eigenvalue weighted by Gasteiger charge is 2.35. The lowest BCUT2D eigenvalue weighted by atomic mass is 10.0. The molecule has 3 atom stereocenters. The molecule has 0 radical (unpaired) electrons. The van der Waals surface area contributed by atoms with Gasteiger partial charge in [-0.2, -0.15) is 0 Å². The van der Waals surface area contributed by atoms with Crippen LogP contribution >= 0.6 is 0 Å². The van der Waals surface area contributed by atoms with Crippen LogP contribution < -0.4 is 5.73 Å². The average Bonchev–Trinajstić information content (AvgIpc) is 2.35. The number of nitrogens with two attached hydrogens (primary N) is 1. The van der Waals surface area contributed by atoms with E-state index in [4.69, 9.17) is 5.73 Å². The molecule has 1 aliphatic heterocycles. The van der Waals surface area contributed by atoms with Gasteiger partial charge in [0.25, 0.3) is 0 Å². The molecule has 0 aromatic heterocycles. The normalized spacial score (nSPS) is 25.3. The van der Waals surface area contributed by atoms with Crippen molar-refractivity contribution in [3.8, 4) is 0 Å². The van der Waals surface area contributed by atoms with Gasteiger partial charge in [-0.1, -0.05) is 13.8 Å². The van der Waals surface area contributed by atoms with Crippen LogP contribution in [0.25, 0.3) is 0 Å². The summed E-state index contributed by atoms with van der Waals surface area (Å²) in [5, 5.41) is 0. The minimum Gasteiger partial charge on any atom is -0.336 e. The minimum atomic E-state index is -0.115. The number of hydrogen-bond donors (Lipinski definition) is 1. The van der Waals surface area contributed by atoms with Crippen molar-refractivity contribution in [2.45, 2.75) is 65.1 Å². The summed E-state index contributed by atoms with van der Waals surface area (Å²) in [6, 6.07) is 0.145. The Kier molecular flexibility index (Phi) is 5.79. The van der Waals surface area contributed by atoms with Crippen molar-refractivity contribution in [2.24, 2.45) is 5.73 Å². The average molecular weight is 269 g/mol. The Hall–Kier alpha value is -1.10. The van der Waals surface area contributed by atoms with E-state index in [0.717, 1.165) is 12.8 Å². The number of carbonyl (C=O) groups is 2. The first-order valence-corrected chi connectivity index (χ1v) is 7.22. The van der Waals surface area contributed by atoms with Crippen LogP contribution in [0, 0.1) is 0 Å². The van der Waals surface area contributed by atoms with E-state index in [1.165, 1.54) is 0 Å². The van der Waals surface area contributed by atoms with Crippen molar-refractivity contribution in [3.63, 3.8) is 0 Å². The van der Waals surface area contributed by atoms with Crippen LogP contribution in [0.2, 0.25) is 0 Å². The molecule has 1 saturated heterocycles. The van der Waals surface area contributed by atoms with Crippen LogP contribution in [0.4, 0.5) is 0 Å². The van der Waals surface area contributed by atoms with Crippen molar-refractivity contribution in [2.75, 3.05) is 13.1 Å². The zero-order valence-corrected chi connectivity index (χ0v) is 12.6. The van der Waals surface area contributed by atoms with Crippen molar-refractivity contribution in [1.29, 1.82) is 0 Å². The molecule has 2 amide bonds. The van der Waals surface area contributed by atoms with E-state index in [0.29, 0.717) is 19.5 Å². The topological polar surface area (TPSA) is 66.6 Å². The molecule has 19 heavy (non-hydrogen) atoms. The van der Waals surface area contributed by atoms with Gasteiger partial charge in [0, 0.05) is 44.6 Å². The third-order valence-electron chi connectivity index (χ3n) is 3.86. The van der Waals surface area contributed by atoms with Gasteiger partial charge in [-0.15, -0.1) is 0 Å². The SMILES string of the molecule is CCC1CN(C(=O)CC(C)N)C(CC)CN1C(C)=O. The molecule has 5 heteroatoms. The van der Waals surface area contributed by atoms with Crippen LogP contribution in [0.5, 0.6) is 0 Å². The Morgan fingerprint density at radius 3 is 2.05 bits per heavy atom. The summed E-state index contributed by atoms with van der Waals surface area (Å²) in [5.41, 5.74) is 5.72. The third-order valence-corrected chi connectivity index (χ3v) is 3.86. The molecule has 3 unspecified atom stereocenters. The number of piperazine rings is 1. The lowest BCUT2D eigenvalue weighted by Crippen LogP contribution is -2.60. The lowest BCUT2D eigenvalue weighted by molar-refractivity contribution is -0.146. The highest BCUT2D eigenvalue weighted by atomic mass is 16.2. The monoisotopic (exact) mass is 269 g/mol. The summed E-state index contributed by atoms with van der Waals surface area (Å²) in [5.74, 6) is 0.216. The predicted molar refractivity (Wildman–Crippen MR) is 75.5 cm³/mol. The molecule has 110 valence electrons. The predicted octanol–water partition coefficient (Wildman–Crippen LogP) is 0.972. The van der Waals surface area contributed by atoms with Crippen LogP contribution in [0.3, 0.4) is 0 Å². The summed E-state index contributed by atoms with van der Waals surface area (Å²) < 4.78 is 0. The molecule has 0 bridgehead atoms. The molecular weight excluding hydrogens is 242 g/mol. The van der Waals surface area contributed by atoms with Crippen molar-refractivity contribution < 1.29 is 9.59 Å². The number of carbonyl (C=O) groups excluding carboxylic acids is 2. The Labute approximate surface area is 116 Å². The van der Waals surface area contributed by atoms with Crippen LogP contribution in [-0.2, 0) is 9.59 Å². The largest absolute Gasteiger partial charge is 0.336 e. The second kappa shape index (κ2) is 6.89. The molecule has 0 spiro atoms. The van der Waals surface area contributed by atoms with Gasteiger partial charge >= 0.3 is 0 Å². The standard InChI is InChI=1S/C14H27N3O2/c1-5-12-9-17(14(19)7-10(3)15)13(6-2)8-16(12)11(4)18/h10,12-13H,5-9,15H2,1-4H3. The lowest BCUT2D eigenvalue weighted by Gasteiger charge is -2.46.